The number of nitrogens with one attached hydrogen (secondary N) is 1. The highest BCUT2D eigenvalue weighted by atomic mass is 35.5. The van der Waals surface area contributed by atoms with Crippen molar-refractivity contribution in [3.8, 4) is 0 Å². The second-order valence-electron chi connectivity index (χ2n) is 6.13. The largest absolute Gasteiger partial charge is 0.389 e. The fourth-order valence-electron chi connectivity index (χ4n) is 3.41. The number of halogens is 3. The molecule has 0 aliphatic heterocycles. The summed E-state index contributed by atoms with van der Waals surface area (Å²) in [7, 11) is 1.66. The molecule has 3 rings (SSSR count). The third kappa shape index (κ3) is 3.76. The summed E-state index contributed by atoms with van der Waals surface area (Å²) >= 11 is 0. The summed E-state index contributed by atoms with van der Waals surface area (Å²) < 4.78 is 31.1. The highest BCUT2D eigenvalue weighted by molar-refractivity contribution is 5.85. The predicted octanol–water partition coefficient (Wildman–Crippen LogP) is 2.69. The zero-order valence-corrected chi connectivity index (χ0v) is 15.8. The van der Waals surface area contributed by atoms with Crippen molar-refractivity contribution in [3.05, 3.63) is 70.1 Å². The van der Waals surface area contributed by atoms with E-state index in [2.05, 4.69) is 5.32 Å². The van der Waals surface area contributed by atoms with Crippen molar-refractivity contribution in [2.24, 2.45) is 0 Å². The van der Waals surface area contributed by atoms with Crippen LogP contribution in [0.25, 0.3) is 11.0 Å². The summed E-state index contributed by atoms with van der Waals surface area (Å²) in [5.74, 6) is -1.05. The molecule has 0 radical (unpaired) electrons. The van der Waals surface area contributed by atoms with Gasteiger partial charge in [-0.2, -0.15) is 0 Å². The Bertz CT molecular complexity index is 987. The van der Waals surface area contributed by atoms with Crippen molar-refractivity contribution < 1.29 is 13.9 Å². The quantitative estimate of drug-likeness (QED) is 0.672. The molecule has 8 heteroatoms. The summed E-state index contributed by atoms with van der Waals surface area (Å²) in [6.45, 7) is 2.29. The Kier molecular flexibility index (Phi) is 6.75. The van der Waals surface area contributed by atoms with Gasteiger partial charge in [0, 0.05) is 13.1 Å². The van der Waals surface area contributed by atoms with Gasteiger partial charge in [-0.15, -0.1) is 12.4 Å². The Balaban J connectivity index is 0.00000261. The second-order valence-corrected chi connectivity index (χ2v) is 6.13. The monoisotopic (exact) mass is 397 g/mol. The first kappa shape index (κ1) is 21.1. The van der Waals surface area contributed by atoms with Gasteiger partial charge >= 0.3 is 5.69 Å². The van der Waals surface area contributed by atoms with Crippen LogP contribution in [0, 0.1) is 11.6 Å². The van der Waals surface area contributed by atoms with E-state index in [-0.39, 0.29) is 24.5 Å². The number of rotatable bonds is 6. The van der Waals surface area contributed by atoms with Gasteiger partial charge in [-0.1, -0.05) is 18.2 Å². The van der Waals surface area contributed by atoms with Crippen LogP contribution in [0.4, 0.5) is 8.78 Å². The minimum absolute atomic E-state index is 0. The lowest BCUT2D eigenvalue weighted by Crippen LogP contribution is -2.38. The van der Waals surface area contributed by atoms with Gasteiger partial charge < -0.3 is 10.4 Å². The molecule has 2 atom stereocenters. The lowest BCUT2D eigenvalue weighted by atomic mass is 10.0. The number of aliphatic hydroxyl groups excluding tert-OH is 1. The first-order chi connectivity index (χ1) is 12.5. The zero-order valence-electron chi connectivity index (χ0n) is 15.0. The van der Waals surface area contributed by atoms with Crippen molar-refractivity contribution in [3.63, 3.8) is 0 Å². The third-order valence-electron chi connectivity index (χ3n) is 4.50. The van der Waals surface area contributed by atoms with E-state index in [9.17, 15) is 18.7 Å². The lowest BCUT2D eigenvalue weighted by molar-refractivity contribution is 0.130. The van der Waals surface area contributed by atoms with Gasteiger partial charge in [0.25, 0.3) is 0 Å². The van der Waals surface area contributed by atoms with Crippen LogP contribution >= 0.6 is 12.4 Å². The summed E-state index contributed by atoms with van der Waals surface area (Å²) in [6.07, 6.45) is -1.06. The molecule has 0 aliphatic rings. The molecule has 27 heavy (non-hydrogen) atoms. The predicted molar refractivity (Wildman–Crippen MR) is 104 cm³/mol. The molecule has 0 bridgehead atoms. The zero-order chi connectivity index (χ0) is 18.8. The number of benzene rings is 2. The normalized spacial score (nSPS) is 13.4. The van der Waals surface area contributed by atoms with Crippen LogP contribution in [0.5, 0.6) is 0 Å². The Labute approximate surface area is 161 Å². The van der Waals surface area contributed by atoms with E-state index in [4.69, 9.17) is 0 Å². The van der Waals surface area contributed by atoms with Crippen molar-refractivity contribution in [2.75, 3.05) is 13.6 Å². The average molecular weight is 398 g/mol. The Hall–Kier alpha value is -2.22. The minimum Gasteiger partial charge on any atom is -0.389 e. The SMILES string of the molecule is CCn1c(=O)n([C@@H](c2cccc(F)c2)[C@H](O)CNC)c2c(F)cccc21.Cl. The van der Waals surface area contributed by atoms with Crippen LogP contribution in [0.3, 0.4) is 0 Å². The van der Waals surface area contributed by atoms with Gasteiger partial charge in [0.2, 0.25) is 0 Å². The van der Waals surface area contributed by atoms with Gasteiger partial charge in [0.1, 0.15) is 17.2 Å². The lowest BCUT2D eigenvalue weighted by Gasteiger charge is -2.25. The summed E-state index contributed by atoms with van der Waals surface area (Å²) in [6, 6.07) is 9.19. The molecule has 146 valence electrons. The molecule has 0 unspecified atom stereocenters. The molecular weight excluding hydrogens is 376 g/mol. The van der Waals surface area contributed by atoms with E-state index in [0.717, 1.165) is 0 Å². The number of hydrogen-bond acceptors (Lipinski definition) is 3. The highest BCUT2D eigenvalue weighted by Crippen LogP contribution is 2.28. The number of likely N-dealkylation sites (N-methyl/N-ethyl adjacent to an activating group) is 1. The number of imidazole rings is 1. The first-order valence-electron chi connectivity index (χ1n) is 8.47. The number of para-hydroxylation sites is 1. The number of aromatic nitrogens is 2. The second kappa shape index (κ2) is 8.65. The van der Waals surface area contributed by atoms with E-state index in [1.165, 1.54) is 39.5 Å². The summed E-state index contributed by atoms with van der Waals surface area (Å²) in [5, 5.41) is 13.5. The summed E-state index contributed by atoms with van der Waals surface area (Å²) in [5.41, 5.74) is 0.490. The van der Waals surface area contributed by atoms with E-state index < -0.39 is 29.5 Å². The van der Waals surface area contributed by atoms with E-state index in [0.29, 0.717) is 17.6 Å². The van der Waals surface area contributed by atoms with E-state index in [1.807, 2.05) is 0 Å². The van der Waals surface area contributed by atoms with Crippen molar-refractivity contribution in [1.29, 1.82) is 0 Å². The number of fused-ring (bicyclic) bond motifs is 1. The molecule has 2 aromatic carbocycles. The number of aryl methyl sites for hydroxylation is 1. The molecule has 0 amide bonds. The Morgan fingerprint density at radius 3 is 2.52 bits per heavy atom. The van der Waals surface area contributed by atoms with Crippen LogP contribution in [-0.2, 0) is 6.54 Å². The molecule has 3 aromatic rings. The Morgan fingerprint density at radius 1 is 1.19 bits per heavy atom. The highest BCUT2D eigenvalue weighted by Gasteiger charge is 2.29. The smallest absolute Gasteiger partial charge is 0.329 e. The van der Waals surface area contributed by atoms with Crippen molar-refractivity contribution >= 4 is 23.4 Å². The fourth-order valence-corrected chi connectivity index (χ4v) is 3.41. The van der Waals surface area contributed by atoms with Crippen LogP contribution in [0.1, 0.15) is 18.5 Å². The molecule has 1 aromatic heterocycles. The van der Waals surface area contributed by atoms with Crippen molar-refractivity contribution in [1.82, 2.24) is 14.5 Å². The molecule has 0 spiro atoms. The average Bonchev–Trinajstić information content (AvgIpc) is 2.89. The maximum atomic E-state index is 14.6. The van der Waals surface area contributed by atoms with Crippen molar-refractivity contribution in [2.45, 2.75) is 25.6 Å². The van der Waals surface area contributed by atoms with E-state index in [1.54, 1.807) is 26.1 Å². The molecule has 0 saturated carbocycles. The number of aliphatic hydroxyl groups is 1. The minimum atomic E-state index is -1.06. The molecule has 2 N–H and O–H groups in total. The van der Waals surface area contributed by atoms with Gasteiger partial charge in [-0.05, 0) is 43.8 Å². The fraction of sp³-hybridized carbons (Fsp3) is 0.316. The summed E-state index contributed by atoms with van der Waals surface area (Å²) in [4.78, 5) is 13.0. The molecule has 5 nitrogen and oxygen atoms in total. The topological polar surface area (TPSA) is 59.2 Å². The first-order valence-corrected chi connectivity index (χ1v) is 8.47. The molecule has 0 aliphatic carbocycles. The third-order valence-corrected chi connectivity index (χ3v) is 4.50. The van der Waals surface area contributed by atoms with Crippen LogP contribution < -0.4 is 11.0 Å². The van der Waals surface area contributed by atoms with Gasteiger partial charge in [-0.3, -0.25) is 9.13 Å². The van der Waals surface area contributed by atoms with E-state index >= 15 is 0 Å². The molecule has 0 saturated heterocycles. The van der Waals surface area contributed by atoms with Crippen LogP contribution in [0.15, 0.2) is 47.3 Å². The number of nitrogens with zero attached hydrogens (tertiary/aromatic N) is 2. The Morgan fingerprint density at radius 2 is 1.89 bits per heavy atom. The molecule has 1 heterocycles. The molecule has 0 fully saturated rings. The maximum absolute atomic E-state index is 14.6. The number of hydrogen-bond donors (Lipinski definition) is 2. The van der Waals surface area contributed by atoms with Crippen LogP contribution in [0.2, 0.25) is 0 Å². The standard InChI is InChI=1S/C19H21F2N3O2.ClH/c1-3-23-15-9-5-8-14(21)18(15)24(19(23)26)17(16(25)11-22-2)12-6-4-7-13(20)10-12;/h4-10,16-17,22,25H,3,11H2,1-2H3;1H/t16-,17+;/m1./s1. The maximum Gasteiger partial charge on any atom is 0.329 e. The van der Waals surface area contributed by atoms with Gasteiger partial charge in [0.05, 0.1) is 17.7 Å². The van der Waals surface area contributed by atoms with Crippen LogP contribution in [-0.4, -0.2) is 33.9 Å². The van der Waals surface area contributed by atoms with Gasteiger partial charge in [0.15, 0.2) is 0 Å². The molecular formula is C19H22ClF2N3O2. The van der Waals surface area contributed by atoms with Gasteiger partial charge in [-0.25, -0.2) is 13.6 Å².